The van der Waals surface area contributed by atoms with Gasteiger partial charge in [0.05, 0.1) is 11.1 Å². The maximum atomic E-state index is 10.7. The van der Waals surface area contributed by atoms with Crippen LogP contribution in [0.1, 0.15) is 18.2 Å². The first kappa shape index (κ1) is 11.7. The number of furan rings is 1. The van der Waals surface area contributed by atoms with Gasteiger partial charge in [-0.05, 0) is 41.9 Å². The van der Waals surface area contributed by atoms with Crippen molar-refractivity contribution < 1.29 is 9.52 Å². The first-order valence-electron chi connectivity index (χ1n) is 5.58. The van der Waals surface area contributed by atoms with Crippen molar-refractivity contribution in [3.05, 3.63) is 58.7 Å². The summed E-state index contributed by atoms with van der Waals surface area (Å²) in [7, 11) is 0. The minimum Gasteiger partial charge on any atom is -0.466 e. The molecule has 0 spiro atoms. The van der Waals surface area contributed by atoms with Crippen LogP contribution >= 0.6 is 22.7 Å². The number of hydrogen-bond donors (Lipinski definition) is 1. The lowest BCUT2D eigenvalue weighted by Crippen LogP contribution is -2.21. The van der Waals surface area contributed by atoms with Gasteiger partial charge in [0.25, 0.3) is 0 Å². The number of aliphatic hydroxyl groups is 1. The van der Waals surface area contributed by atoms with Crippen LogP contribution in [0.5, 0.6) is 0 Å². The molecule has 18 heavy (non-hydrogen) atoms. The van der Waals surface area contributed by atoms with Gasteiger partial charge in [-0.2, -0.15) is 0 Å². The fraction of sp³-hybridized carbons (Fsp3) is 0.143. The summed E-state index contributed by atoms with van der Waals surface area (Å²) in [6.45, 7) is 1.77. The molecule has 0 aliphatic rings. The first-order chi connectivity index (χ1) is 8.69. The highest BCUT2D eigenvalue weighted by Gasteiger charge is 2.32. The summed E-state index contributed by atoms with van der Waals surface area (Å²) in [5, 5.41) is 14.8. The van der Waals surface area contributed by atoms with Crippen molar-refractivity contribution in [3.63, 3.8) is 0 Å². The van der Waals surface area contributed by atoms with Crippen LogP contribution in [0.3, 0.4) is 0 Å². The van der Waals surface area contributed by atoms with Crippen LogP contribution in [0.4, 0.5) is 0 Å². The van der Waals surface area contributed by atoms with Gasteiger partial charge >= 0.3 is 0 Å². The molecule has 0 aliphatic carbocycles. The number of thiophene rings is 2. The highest BCUT2D eigenvalue weighted by atomic mass is 32.1. The summed E-state index contributed by atoms with van der Waals surface area (Å²) < 4.78 is 5.35. The Bertz CT molecular complexity index is 619. The van der Waals surface area contributed by atoms with Crippen molar-refractivity contribution in [1.82, 2.24) is 0 Å². The van der Waals surface area contributed by atoms with Crippen LogP contribution < -0.4 is 0 Å². The Kier molecular flexibility index (Phi) is 2.86. The van der Waals surface area contributed by atoms with Crippen LogP contribution in [-0.4, -0.2) is 5.11 Å². The molecule has 0 radical (unpaired) electrons. The second kappa shape index (κ2) is 4.39. The molecular formula is C14H12O2S2. The molecule has 0 aliphatic heterocycles. The molecule has 2 nitrogen and oxygen atoms in total. The molecule has 0 saturated heterocycles. The summed E-state index contributed by atoms with van der Waals surface area (Å²) in [6.07, 6.45) is 1.58. The summed E-state index contributed by atoms with van der Waals surface area (Å²) in [6, 6.07) is 9.64. The van der Waals surface area contributed by atoms with Gasteiger partial charge in [-0.25, -0.2) is 0 Å². The Morgan fingerprint density at radius 1 is 1.11 bits per heavy atom. The predicted octanol–water partition coefficient (Wildman–Crippen LogP) is 4.33. The molecule has 1 unspecified atom stereocenters. The van der Waals surface area contributed by atoms with Crippen LogP contribution in [0.25, 0.3) is 9.75 Å². The van der Waals surface area contributed by atoms with Crippen molar-refractivity contribution in [3.8, 4) is 9.75 Å². The summed E-state index contributed by atoms with van der Waals surface area (Å²) >= 11 is 3.32. The van der Waals surface area contributed by atoms with E-state index < -0.39 is 5.60 Å². The largest absolute Gasteiger partial charge is 0.466 e. The van der Waals surface area contributed by atoms with Crippen molar-refractivity contribution in [2.24, 2.45) is 0 Å². The molecule has 0 fully saturated rings. The van der Waals surface area contributed by atoms with Gasteiger partial charge in [0.2, 0.25) is 0 Å². The van der Waals surface area contributed by atoms with E-state index in [0.717, 1.165) is 10.4 Å². The zero-order valence-corrected chi connectivity index (χ0v) is 11.4. The molecule has 1 N–H and O–H groups in total. The van der Waals surface area contributed by atoms with E-state index in [9.17, 15) is 5.11 Å². The van der Waals surface area contributed by atoms with Crippen molar-refractivity contribution in [2.45, 2.75) is 12.5 Å². The molecule has 0 bridgehead atoms. The second-order valence-corrected chi connectivity index (χ2v) is 6.05. The first-order valence-corrected chi connectivity index (χ1v) is 7.34. The lowest BCUT2D eigenvalue weighted by molar-refractivity contribution is 0.0777. The minimum absolute atomic E-state index is 0.568. The molecule has 0 aromatic carbocycles. The van der Waals surface area contributed by atoms with Gasteiger partial charge in [-0.3, -0.25) is 0 Å². The Morgan fingerprint density at radius 2 is 2.00 bits per heavy atom. The fourth-order valence-electron chi connectivity index (χ4n) is 1.98. The topological polar surface area (TPSA) is 33.4 Å². The molecule has 3 aromatic heterocycles. The summed E-state index contributed by atoms with van der Waals surface area (Å²) in [4.78, 5) is 2.28. The third-order valence-corrected chi connectivity index (χ3v) is 4.90. The van der Waals surface area contributed by atoms with Crippen LogP contribution in [-0.2, 0) is 5.60 Å². The van der Waals surface area contributed by atoms with Crippen molar-refractivity contribution >= 4 is 22.7 Å². The maximum absolute atomic E-state index is 10.7. The second-order valence-electron chi connectivity index (χ2n) is 4.19. The quantitative estimate of drug-likeness (QED) is 0.772. The van der Waals surface area contributed by atoms with E-state index in [1.54, 1.807) is 48.0 Å². The smallest absolute Gasteiger partial charge is 0.146 e. The van der Waals surface area contributed by atoms with Gasteiger partial charge in [-0.1, -0.05) is 6.07 Å². The molecule has 4 heteroatoms. The average Bonchev–Trinajstić information content (AvgIpc) is 3.11. The SMILES string of the molecule is CC(O)(c1ccco1)c1ccsc1-c1cccs1. The number of rotatable bonds is 3. The van der Waals surface area contributed by atoms with Crippen molar-refractivity contribution in [1.29, 1.82) is 0 Å². The minimum atomic E-state index is -1.09. The molecule has 1 atom stereocenters. The Balaban J connectivity index is 2.11. The van der Waals surface area contributed by atoms with E-state index in [-0.39, 0.29) is 0 Å². The lowest BCUT2D eigenvalue weighted by Gasteiger charge is -2.21. The van der Waals surface area contributed by atoms with E-state index in [1.165, 1.54) is 4.88 Å². The monoisotopic (exact) mass is 276 g/mol. The Hall–Kier alpha value is -1.36. The third-order valence-electron chi connectivity index (χ3n) is 2.94. The molecule has 0 amide bonds. The normalized spacial score (nSPS) is 14.6. The fourth-order valence-corrected chi connectivity index (χ4v) is 3.86. The van der Waals surface area contributed by atoms with Crippen LogP contribution in [0, 0.1) is 0 Å². The standard InChI is InChI=1S/C14H12O2S2/c1-14(15,12-5-2-7-16-12)10-6-9-18-13(10)11-4-3-8-17-11/h2-9,15H,1H3. The van der Waals surface area contributed by atoms with Gasteiger partial charge in [-0.15, -0.1) is 22.7 Å². The highest BCUT2D eigenvalue weighted by Crippen LogP contribution is 2.41. The van der Waals surface area contributed by atoms with E-state index in [2.05, 4.69) is 6.07 Å². The van der Waals surface area contributed by atoms with E-state index in [4.69, 9.17) is 4.42 Å². The molecule has 3 aromatic rings. The summed E-state index contributed by atoms with van der Waals surface area (Å²) in [5.74, 6) is 0.568. The zero-order valence-electron chi connectivity index (χ0n) is 9.79. The Morgan fingerprint density at radius 3 is 2.67 bits per heavy atom. The van der Waals surface area contributed by atoms with Crippen molar-refractivity contribution in [2.75, 3.05) is 0 Å². The highest BCUT2D eigenvalue weighted by molar-refractivity contribution is 7.20. The summed E-state index contributed by atoms with van der Waals surface area (Å²) in [5.41, 5.74) is -0.201. The molecular weight excluding hydrogens is 264 g/mol. The zero-order chi connectivity index (χ0) is 12.6. The maximum Gasteiger partial charge on any atom is 0.146 e. The van der Waals surface area contributed by atoms with Gasteiger partial charge in [0.15, 0.2) is 0 Å². The van der Waals surface area contributed by atoms with Crippen LogP contribution in [0.15, 0.2) is 51.8 Å². The lowest BCUT2D eigenvalue weighted by atomic mass is 9.93. The van der Waals surface area contributed by atoms with Gasteiger partial charge in [0, 0.05) is 10.4 Å². The molecule has 0 saturated carbocycles. The third kappa shape index (κ3) is 1.82. The van der Waals surface area contributed by atoms with Gasteiger partial charge in [0.1, 0.15) is 11.4 Å². The van der Waals surface area contributed by atoms with Gasteiger partial charge < -0.3 is 9.52 Å². The number of hydrogen-bond acceptors (Lipinski definition) is 4. The van der Waals surface area contributed by atoms with E-state index >= 15 is 0 Å². The molecule has 3 rings (SSSR count). The molecule has 92 valence electrons. The predicted molar refractivity (Wildman–Crippen MR) is 75.0 cm³/mol. The van der Waals surface area contributed by atoms with E-state index in [1.807, 2.05) is 22.9 Å². The van der Waals surface area contributed by atoms with Crippen LogP contribution in [0.2, 0.25) is 0 Å². The molecule has 3 heterocycles. The van der Waals surface area contributed by atoms with E-state index in [0.29, 0.717) is 5.76 Å². The Labute approximate surface area is 113 Å². The average molecular weight is 276 g/mol.